The average molecular weight is 269 g/mol. The summed E-state index contributed by atoms with van der Waals surface area (Å²) in [6.45, 7) is 0. The van der Waals surface area contributed by atoms with Gasteiger partial charge in [-0.15, -0.1) is 0 Å². The Kier molecular flexibility index (Phi) is 3.56. The van der Waals surface area contributed by atoms with E-state index in [1.165, 1.54) is 0 Å². The third-order valence-electron chi connectivity index (χ3n) is 0.447. The van der Waals surface area contributed by atoms with Gasteiger partial charge in [0.25, 0.3) is 0 Å². The molecule has 5 heavy (non-hydrogen) atoms. The van der Waals surface area contributed by atoms with Crippen LogP contribution in [0.5, 0.6) is 0 Å². The first-order valence-corrected chi connectivity index (χ1v) is 7.24. The summed E-state index contributed by atoms with van der Waals surface area (Å²) >= 11 is -0.201. The van der Waals surface area contributed by atoms with Crippen LogP contribution in [0, 0.1) is 0 Å². The molecule has 0 saturated carbocycles. The Bertz CT molecular complexity index is 20.9. The van der Waals surface area contributed by atoms with Crippen molar-refractivity contribution in [1.29, 1.82) is 0 Å². The molecule has 0 aromatic carbocycles. The van der Waals surface area contributed by atoms with Crippen LogP contribution in [0.3, 0.4) is 0 Å². The van der Waals surface area contributed by atoms with Crippen molar-refractivity contribution < 1.29 is 0 Å². The Balaban J connectivity index is 2.54. The summed E-state index contributed by atoms with van der Waals surface area (Å²) < 4.78 is 4.64. The summed E-state index contributed by atoms with van der Waals surface area (Å²) in [5.41, 5.74) is 0. The molecule has 1 nitrogen and oxygen atoms in total. The zero-order valence-electron chi connectivity index (χ0n) is 3.95. The van der Waals surface area contributed by atoms with Gasteiger partial charge in [-0.3, -0.25) is 0 Å². The van der Waals surface area contributed by atoms with Crippen LogP contribution in [0.15, 0.2) is 0 Å². The summed E-state index contributed by atoms with van der Waals surface area (Å²) in [4.78, 5) is 0. The third-order valence-corrected chi connectivity index (χ3v) is 3.92. The van der Waals surface area contributed by atoms with Crippen molar-refractivity contribution in [2.45, 2.75) is 4.63 Å². The van der Waals surface area contributed by atoms with E-state index in [1.54, 1.807) is 0 Å². The zero-order chi connectivity index (χ0) is 4.28. The molecule has 0 heterocycles. The van der Waals surface area contributed by atoms with Crippen LogP contribution in [0.1, 0.15) is 0 Å². The number of nitrogens with zero attached hydrogens (tertiary/aromatic N) is 1. The van der Waals surface area contributed by atoms with E-state index < -0.39 is 0 Å². The number of rotatable bonds is 1. The van der Waals surface area contributed by atoms with Crippen molar-refractivity contribution in [3.63, 3.8) is 0 Å². The minimum atomic E-state index is -0.201. The van der Waals surface area contributed by atoms with Crippen LogP contribution in [0.2, 0.25) is 4.63 Å². The maximum atomic E-state index is 2.32. The zero-order valence-corrected chi connectivity index (χ0v) is 7.83. The van der Waals surface area contributed by atoms with Crippen LogP contribution in [-0.4, -0.2) is 40.5 Å². The van der Waals surface area contributed by atoms with Crippen molar-refractivity contribution in [3.8, 4) is 0 Å². The van der Waals surface area contributed by atoms with Gasteiger partial charge in [0, 0.05) is 0 Å². The summed E-state index contributed by atoms with van der Waals surface area (Å²) in [7, 11) is 4.28. The Labute approximate surface area is 45.3 Å². The quantitative estimate of drug-likeness (QED) is 0.603. The molecule has 0 aromatic rings. The van der Waals surface area contributed by atoms with E-state index in [4.69, 9.17) is 0 Å². The number of hydrogen-bond acceptors (Lipinski definition) is 1. The van der Waals surface area contributed by atoms with Gasteiger partial charge in [-0.05, 0) is 0 Å². The average Bonchev–Trinajstić information content (AvgIpc) is 1.38. The molecule has 0 rings (SSSR count). The molecular formula is C3H10BiN. The summed E-state index contributed by atoms with van der Waals surface area (Å²) in [5, 5.41) is 0. The van der Waals surface area contributed by atoms with Crippen LogP contribution < -0.4 is 0 Å². The van der Waals surface area contributed by atoms with Crippen molar-refractivity contribution in [1.82, 2.24) is 2.84 Å². The van der Waals surface area contributed by atoms with Gasteiger partial charge in [-0.2, -0.15) is 0 Å². The van der Waals surface area contributed by atoms with Crippen molar-refractivity contribution in [2.75, 3.05) is 14.1 Å². The Morgan fingerprint density at radius 3 is 1.60 bits per heavy atom. The first kappa shape index (κ1) is 5.84. The fourth-order valence-electron chi connectivity index (χ4n) is 0. The van der Waals surface area contributed by atoms with Crippen LogP contribution in [0.25, 0.3) is 0 Å². The Morgan fingerprint density at radius 2 is 1.60 bits per heavy atom. The second-order valence-corrected chi connectivity index (χ2v) is 6.33. The molecule has 0 aliphatic heterocycles. The molecule has 0 aromatic heterocycles. The van der Waals surface area contributed by atoms with E-state index >= 15 is 0 Å². The molecule has 0 bridgehead atoms. The van der Waals surface area contributed by atoms with Gasteiger partial charge in [0.05, 0.1) is 0 Å². The van der Waals surface area contributed by atoms with Gasteiger partial charge in [-0.1, -0.05) is 0 Å². The summed E-state index contributed by atoms with van der Waals surface area (Å²) in [6, 6.07) is 0. The van der Waals surface area contributed by atoms with E-state index in [0.29, 0.717) is 0 Å². The maximum absolute atomic E-state index is 2.32. The van der Waals surface area contributed by atoms with Crippen LogP contribution >= 0.6 is 0 Å². The predicted molar refractivity (Wildman–Crippen MR) is 26.7 cm³/mol. The minimum absolute atomic E-state index is 0.201. The van der Waals surface area contributed by atoms with Gasteiger partial charge in [0.2, 0.25) is 0 Å². The first-order chi connectivity index (χ1) is 2.27. The fraction of sp³-hybridized carbons (Fsp3) is 1.00. The molecule has 0 fully saturated rings. The van der Waals surface area contributed by atoms with E-state index in [-0.39, 0.29) is 23.5 Å². The van der Waals surface area contributed by atoms with Crippen molar-refractivity contribution in [3.05, 3.63) is 0 Å². The molecule has 0 atom stereocenters. The topological polar surface area (TPSA) is 3.24 Å². The van der Waals surface area contributed by atoms with Gasteiger partial charge in [-0.25, -0.2) is 0 Å². The molecular weight excluding hydrogens is 259 g/mol. The molecule has 0 aliphatic carbocycles. The standard InChI is InChI=1S/C2H6N.CH3.Bi.H/c1-3-2;;;/h1-2H3;1H3;;/q-1;;+1;. The van der Waals surface area contributed by atoms with E-state index in [9.17, 15) is 0 Å². The van der Waals surface area contributed by atoms with Crippen molar-refractivity contribution in [2.24, 2.45) is 0 Å². The molecule has 0 aliphatic rings. The van der Waals surface area contributed by atoms with Gasteiger partial charge in [0.1, 0.15) is 0 Å². The fourth-order valence-corrected chi connectivity index (χ4v) is 0. The van der Waals surface area contributed by atoms with Crippen LogP contribution in [-0.2, 0) is 0 Å². The molecule has 0 amide bonds. The second kappa shape index (κ2) is 3.05. The van der Waals surface area contributed by atoms with Gasteiger partial charge >= 0.3 is 45.1 Å². The molecule has 2 heteroatoms. The molecule has 0 spiro atoms. The molecule has 0 unspecified atom stereocenters. The Morgan fingerprint density at radius 1 is 1.40 bits per heavy atom. The van der Waals surface area contributed by atoms with Crippen LogP contribution in [0.4, 0.5) is 0 Å². The number of hydrogen-bond donors (Lipinski definition) is 0. The van der Waals surface area contributed by atoms with E-state index in [2.05, 4.69) is 21.6 Å². The van der Waals surface area contributed by atoms with E-state index in [1.807, 2.05) is 0 Å². The monoisotopic (exact) mass is 269 g/mol. The molecule has 32 valence electrons. The Hall–Kier alpha value is 0.843. The normalized spacial score (nSPS) is 9.60. The van der Waals surface area contributed by atoms with Crippen molar-refractivity contribution >= 4 is 23.5 Å². The third kappa shape index (κ3) is 4.84. The molecule has 0 N–H and O–H groups in total. The predicted octanol–water partition coefficient (Wildman–Crippen LogP) is -0.0524. The van der Waals surface area contributed by atoms with Gasteiger partial charge in [0.15, 0.2) is 0 Å². The van der Waals surface area contributed by atoms with E-state index in [0.717, 1.165) is 0 Å². The first-order valence-electron chi connectivity index (χ1n) is 1.62. The van der Waals surface area contributed by atoms with Gasteiger partial charge < -0.3 is 0 Å². The summed E-state index contributed by atoms with van der Waals surface area (Å²) in [6.07, 6.45) is 0. The second-order valence-electron chi connectivity index (χ2n) is 1.12. The SMILES string of the molecule is [CH3][BiH][N](C)C. The summed E-state index contributed by atoms with van der Waals surface area (Å²) in [5.74, 6) is 0. The molecule has 0 radical (unpaired) electrons. The molecule has 0 saturated heterocycles.